The molecule has 0 aromatic heterocycles. The summed E-state index contributed by atoms with van der Waals surface area (Å²) in [6.07, 6.45) is 2.93. The van der Waals surface area contributed by atoms with Gasteiger partial charge in [0, 0.05) is 17.5 Å². The highest BCUT2D eigenvalue weighted by atomic mass is 16.1. The summed E-state index contributed by atoms with van der Waals surface area (Å²) in [6.45, 7) is 5.05. The molecule has 1 amide bonds. The van der Waals surface area contributed by atoms with Gasteiger partial charge in [0.15, 0.2) is 5.82 Å². The average molecular weight is 230 g/mol. The number of nitrogen functional groups attached to an aromatic ring is 1. The maximum absolute atomic E-state index is 11.8. The molecule has 0 aliphatic carbocycles. The Morgan fingerprint density at radius 3 is 2.59 bits per heavy atom. The second-order valence-electron chi connectivity index (χ2n) is 3.16. The molecule has 0 fully saturated rings. The van der Waals surface area contributed by atoms with Crippen molar-refractivity contribution in [1.82, 2.24) is 5.32 Å². The van der Waals surface area contributed by atoms with Gasteiger partial charge in [-0.25, -0.2) is 4.99 Å². The van der Waals surface area contributed by atoms with Gasteiger partial charge in [-0.15, -0.1) is 0 Å². The number of anilines is 1. The zero-order chi connectivity index (χ0) is 12.7. The molecule has 0 aliphatic rings. The molecule has 88 valence electrons. The van der Waals surface area contributed by atoms with E-state index in [1.807, 2.05) is 0 Å². The van der Waals surface area contributed by atoms with Crippen molar-refractivity contribution >= 4 is 24.5 Å². The number of amides is 1. The van der Waals surface area contributed by atoms with Crippen molar-refractivity contribution in [1.29, 1.82) is 0 Å². The third-order valence-corrected chi connectivity index (χ3v) is 1.90. The van der Waals surface area contributed by atoms with Crippen LogP contribution in [0.25, 0.3) is 0 Å². The molecule has 1 aromatic carbocycles. The number of nitrogens with one attached hydrogen (secondary N) is 1. The standard InChI is InChI=1S/C12H14N4O/c1-3-15-11(8-14-2)16-12(17)9-4-6-10(13)7-5-9/h3-8H,2,13H2,1H3,(H,16,17)/b11-8+,15-3?. The van der Waals surface area contributed by atoms with Gasteiger partial charge in [-0.3, -0.25) is 9.79 Å². The van der Waals surface area contributed by atoms with E-state index in [1.165, 1.54) is 6.20 Å². The molecule has 0 unspecified atom stereocenters. The molecular formula is C12H14N4O. The second kappa shape index (κ2) is 6.22. The van der Waals surface area contributed by atoms with E-state index in [2.05, 4.69) is 22.0 Å². The van der Waals surface area contributed by atoms with Crippen molar-refractivity contribution in [2.45, 2.75) is 6.92 Å². The summed E-state index contributed by atoms with van der Waals surface area (Å²) in [5.74, 6) is 0.0647. The van der Waals surface area contributed by atoms with Crippen molar-refractivity contribution < 1.29 is 4.79 Å². The molecule has 3 N–H and O–H groups in total. The van der Waals surface area contributed by atoms with E-state index in [0.29, 0.717) is 17.1 Å². The minimum Gasteiger partial charge on any atom is -0.399 e. The average Bonchev–Trinajstić information content (AvgIpc) is 2.30. The fourth-order valence-electron chi connectivity index (χ4n) is 1.15. The topological polar surface area (TPSA) is 79.8 Å². The van der Waals surface area contributed by atoms with Crippen LogP contribution in [-0.4, -0.2) is 18.8 Å². The summed E-state index contributed by atoms with van der Waals surface area (Å²) < 4.78 is 0. The Balaban J connectivity index is 2.80. The molecule has 1 rings (SSSR count). The molecule has 0 saturated heterocycles. The van der Waals surface area contributed by atoms with Crippen LogP contribution >= 0.6 is 0 Å². The Labute approximate surface area is 99.8 Å². The Morgan fingerprint density at radius 2 is 2.06 bits per heavy atom. The van der Waals surface area contributed by atoms with Crippen molar-refractivity contribution in [3.05, 3.63) is 41.8 Å². The first-order valence-corrected chi connectivity index (χ1v) is 4.99. The van der Waals surface area contributed by atoms with Crippen molar-refractivity contribution in [3.8, 4) is 0 Å². The number of carbonyl (C=O) groups excluding carboxylic acids is 1. The van der Waals surface area contributed by atoms with Crippen LogP contribution in [0.4, 0.5) is 5.69 Å². The summed E-state index contributed by atoms with van der Waals surface area (Å²) in [4.78, 5) is 19.3. The van der Waals surface area contributed by atoms with Crippen LogP contribution in [0.1, 0.15) is 17.3 Å². The number of hydrogen-bond acceptors (Lipinski definition) is 4. The van der Waals surface area contributed by atoms with Gasteiger partial charge in [0.25, 0.3) is 5.91 Å². The lowest BCUT2D eigenvalue weighted by atomic mass is 10.2. The Kier molecular flexibility index (Phi) is 4.62. The smallest absolute Gasteiger partial charge is 0.256 e. The number of aliphatic imine (C=N–C) groups is 2. The monoisotopic (exact) mass is 230 g/mol. The molecule has 0 spiro atoms. The van der Waals surface area contributed by atoms with Gasteiger partial charge < -0.3 is 11.1 Å². The molecular weight excluding hydrogens is 216 g/mol. The SMILES string of the molecule is C=N/C=C(\N=CC)NC(=O)c1ccc(N)cc1. The van der Waals surface area contributed by atoms with Crippen LogP contribution in [0.15, 0.2) is 46.3 Å². The molecule has 5 heteroatoms. The highest BCUT2D eigenvalue weighted by Crippen LogP contribution is 2.06. The van der Waals surface area contributed by atoms with Crippen LogP contribution < -0.4 is 11.1 Å². The normalized spacial score (nSPS) is 11.5. The summed E-state index contributed by atoms with van der Waals surface area (Å²) in [5, 5.41) is 2.60. The van der Waals surface area contributed by atoms with Crippen LogP contribution in [0.2, 0.25) is 0 Å². The molecule has 0 heterocycles. The Morgan fingerprint density at radius 1 is 1.41 bits per heavy atom. The molecule has 1 aromatic rings. The number of benzene rings is 1. The summed E-state index contributed by atoms with van der Waals surface area (Å²) in [6, 6.07) is 6.60. The van der Waals surface area contributed by atoms with Gasteiger partial charge in [-0.1, -0.05) is 0 Å². The minimum atomic E-state index is -0.273. The van der Waals surface area contributed by atoms with E-state index in [9.17, 15) is 4.79 Å². The van der Waals surface area contributed by atoms with Crippen LogP contribution in [0, 0.1) is 0 Å². The Bertz CT molecular complexity index is 460. The molecule has 0 bridgehead atoms. The fourth-order valence-corrected chi connectivity index (χ4v) is 1.15. The molecule has 0 saturated carbocycles. The van der Waals surface area contributed by atoms with Crippen molar-refractivity contribution in [3.63, 3.8) is 0 Å². The highest BCUT2D eigenvalue weighted by molar-refractivity contribution is 5.95. The number of rotatable bonds is 4. The minimum absolute atomic E-state index is 0.273. The predicted octanol–water partition coefficient (Wildman–Crippen LogP) is 1.59. The largest absolute Gasteiger partial charge is 0.399 e. The molecule has 0 atom stereocenters. The molecule has 5 nitrogen and oxygen atoms in total. The fraction of sp³-hybridized carbons (Fsp3) is 0.0833. The van der Waals surface area contributed by atoms with E-state index in [-0.39, 0.29) is 5.91 Å². The van der Waals surface area contributed by atoms with Gasteiger partial charge >= 0.3 is 0 Å². The molecule has 0 aliphatic heterocycles. The first-order valence-electron chi connectivity index (χ1n) is 4.99. The number of nitrogens with zero attached hydrogens (tertiary/aromatic N) is 2. The van der Waals surface area contributed by atoms with E-state index in [4.69, 9.17) is 5.73 Å². The van der Waals surface area contributed by atoms with Gasteiger partial charge in [0.2, 0.25) is 0 Å². The highest BCUT2D eigenvalue weighted by Gasteiger charge is 2.06. The quantitative estimate of drug-likeness (QED) is 0.608. The van der Waals surface area contributed by atoms with Crippen LogP contribution in [0.3, 0.4) is 0 Å². The van der Waals surface area contributed by atoms with Gasteiger partial charge in [0.05, 0.1) is 6.20 Å². The van der Waals surface area contributed by atoms with Crippen LogP contribution in [0.5, 0.6) is 0 Å². The summed E-state index contributed by atoms with van der Waals surface area (Å²) in [5.41, 5.74) is 6.64. The van der Waals surface area contributed by atoms with E-state index >= 15 is 0 Å². The number of nitrogens with two attached hydrogens (primary N) is 1. The number of hydrogen-bond donors (Lipinski definition) is 2. The van der Waals surface area contributed by atoms with Gasteiger partial charge in [-0.2, -0.15) is 0 Å². The predicted molar refractivity (Wildman–Crippen MR) is 70.1 cm³/mol. The first kappa shape index (κ1) is 12.6. The second-order valence-corrected chi connectivity index (χ2v) is 3.16. The number of carbonyl (C=O) groups is 1. The lowest BCUT2D eigenvalue weighted by molar-refractivity contribution is 0.0965. The van der Waals surface area contributed by atoms with Crippen LogP contribution in [-0.2, 0) is 0 Å². The van der Waals surface area contributed by atoms with E-state index in [1.54, 1.807) is 37.4 Å². The Hall–Kier alpha value is -2.43. The van der Waals surface area contributed by atoms with Crippen molar-refractivity contribution in [2.75, 3.05) is 5.73 Å². The summed E-state index contributed by atoms with van der Waals surface area (Å²) >= 11 is 0. The maximum Gasteiger partial charge on any atom is 0.256 e. The lowest BCUT2D eigenvalue weighted by Gasteiger charge is -2.04. The zero-order valence-corrected chi connectivity index (χ0v) is 9.55. The van der Waals surface area contributed by atoms with E-state index < -0.39 is 0 Å². The van der Waals surface area contributed by atoms with Gasteiger partial charge in [0.1, 0.15) is 0 Å². The first-order chi connectivity index (χ1) is 8.17. The third-order valence-electron chi connectivity index (χ3n) is 1.90. The van der Waals surface area contributed by atoms with Gasteiger partial charge in [-0.05, 0) is 37.9 Å². The summed E-state index contributed by atoms with van der Waals surface area (Å²) in [7, 11) is 0. The maximum atomic E-state index is 11.8. The zero-order valence-electron chi connectivity index (χ0n) is 9.55. The third kappa shape index (κ3) is 3.90. The van der Waals surface area contributed by atoms with Crippen molar-refractivity contribution in [2.24, 2.45) is 9.98 Å². The molecule has 17 heavy (non-hydrogen) atoms. The van der Waals surface area contributed by atoms with E-state index in [0.717, 1.165) is 0 Å². The molecule has 0 radical (unpaired) electrons. The lowest BCUT2D eigenvalue weighted by Crippen LogP contribution is -2.21.